The zero-order valence-electron chi connectivity index (χ0n) is 8.73. The molecule has 0 aliphatic heterocycles. The van der Waals surface area contributed by atoms with Gasteiger partial charge < -0.3 is 5.11 Å². The van der Waals surface area contributed by atoms with Crippen molar-refractivity contribution in [1.82, 2.24) is 14.8 Å². The van der Waals surface area contributed by atoms with Crippen LogP contribution < -0.4 is 0 Å². The minimum absolute atomic E-state index is 0.105. The van der Waals surface area contributed by atoms with Crippen molar-refractivity contribution in [3.05, 3.63) is 30.2 Å². The van der Waals surface area contributed by atoms with Crippen LogP contribution in [-0.2, 0) is 13.2 Å². The third-order valence-corrected chi connectivity index (χ3v) is 2.12. The first-order valence-corrected chi connectivity index (χ1v) is 4.64. The summed E-state index contributed by atoms with van der Waals surface area (Å²) in [4.78, 5) is 3.73. The molecule has 7 heteroatoms. The SMILES string of the molecule is Cn1cc(-c2ccc(O)cn2)c(C(F)(F)F)n1. The summed E-state index contributed by atoms with van der Waals surface area (Å²) in [5.41, 5.74) is -0.985. The zero-order valence-corrected chi connectivity index (χ0v) is 8.73. The fourth-order valence-corrected chi connectivity index (χ4v) is 1.43. The summed E-state index contributed by atoms with van der Waals surface area (Å²) >= 11 is 0. The van der Waals surface area contributed by atoms with Crippen molar-refractivity contribution in [1.29, 1.82) is 0 Å². The molecule has 0 atom stereocenters. The molecule has 4 nitrogen and oxygen atoms in total. The number of rotatable bonds is 1. The number of halogens is 3. The molecule has 0 amide bonds. The zero-order chi connectivity index (χ0) is 12.6. The molecule has 2 aromatic rings. The molecule has 0 bridgehead atoms. The highest BCUT2D eigenvalue weighted by Gasteiger charge is 2.37. The first kappa shape index (κ1) is 11.4. The lowest BCUT2D eigenvalue weighted by molar-refractivity contribution is -0.141. The molecule has 0 saturated carbocycles. The van der Waals surface area contributed by atoms with Crippen LogP contribution in [0, 0.1) is 0 Å². The van der Waals surface area contributed by atoms with Gasteiger partial charge in [-0.2, -0.15) is 18.3 Å². The second-order valence-electron chi connectivity index (χ2n) is 3.46. The second kappa shape index (κ2) is 3.76. The highest BCUT2D eigenvalue weighted by Crippen LogP contribution is 2.35. The van der Waals surface area contributed by atoms with Crippen LogP contribution in [0.3, 0.4) is 0 Å². The fourth-order valence-electron chi connectivity index (χ4n) is 1.43. The van der Waals surface area contributed by atoms with Crippen LogP contribution in [0.15, 0.2) is 24.5 Å². The third-order valence-electron chi connectivity index (χ3n) is 2.12. The molecule has 0 aromatic carbocycles. The van der Waals surface area contributed by atoms with Gasteiger partial charge in [0.05, 0.1) is 17.5 Å². The van der Waals surface area contributed by atoms with Gasteiger partial charge in [-0.1, -0.05) is 0 Å². The average molecular weight is 243 g/mol. The maximum atomic E-state index is 12.7. The Kier molecular flexibility index (Phi) is 2.53. The highest BCUT2D eigenvalue weighted by atomic mass is 19.4. The van der Waals surface area contributed by atoms with Crippen LogP contribution >= 0.6 is 0 Å². The van der Waals surface area contributed by atoms with Crippen molar-refractivity contribution in [3.63, 3.8) is 0 Å². The van der Waals surface area contributed by atoms with Crippen molar-refractivity contribution < 1.29 is 18.3 Å². The normalized spacial score (nSPS) is 11.8. The van der Waals surface area contributed by atoms with Crippen LogP contribution in [0.4, 0.5) is 13.2 Å². The highest BCUT2D eigenvalue weighted by molar-refractivity contribution is 5.62. The third kappa shape index (κ3) is 2.22. The van der Waals surface area contributed by atoms with E-state index < -0.39 is 11.9 Å². The molecule has 0 fully saturated rings. The van der Waals surface area contributed by atoms with E-state index in [0.717, 1.165) is 10.9 Å². The number of nitrogens with zero attached hydrogens (tertiary/aromatic N) is 3. The van der Waals surface area contributed by atoms with Crippen molar-refractivity contribution in [3.8, 4) is 17.0 Å². The predicted molar refractivity (Wildman–Crippen MR) is 53.1 cm³/mol. The number of hydrogen-bond donors (Lipinski definition) is 1. The summed E-state index contributed by atoms with van der Waals surface area (Å²) in [6.45, 7) is 0. The molecule has 90 valence electrons. The first-order valence-electron chi connectivity index (χ1n) is 4.64. The smallest absolute Gasteiger partial charge is 0.435 e. The molecule has 2 heterocycles. The Morgan fingerprint density at radius 1 is 1.29 bits per heavy atom. The number of aryl methyl sites for hydroxylation is 1. The molecular weight excluding hydrogens is 235 g/mol. The van der Waals surface area contributed by atoms with Crippen molar-refractivity contribution in [2.75, 3.05) is 0 Å². The van der Waals surface area contributed by atoms with E-state index in [0.29, 0.717) is 0 Å². The Bertz CT molecular complexity index is 531. The van der Waals surface area contributed by atoms with E-state index >= 15 is 0 Å². The van der Waals surface area contributed by atoms with E-state index in [1.807, 2.05) is 0 Å². The molecule has 17 heavy (non-hydrogen) atoms. The van der Waals surface area contributed by atoms with Crippen molar-refractivity contribution >= 4 is 0 Å². The van der Waals surface area contributed by atoms with Crippen LogP contribution in [0.1, 0.15) is 5.69 Å². The van der Waals surface area contributed by atoms with Gasteiger partial charge in [-0.05, 0) is 12.1 Å². The lowest BCUT2D eigenvalue weighted by Gasteiger charge is -2.05. The summed E-state index contributed by atoms with van der Waals surface area (Å²) < 4.78 is 39.1. The van der Waals surface area contributed by atoms with Gasteiger partial charge in [0.15, 0.2) is 5.69 Å². The topological polar surface area (TPSA) is 50.9 Å². The van der Waals surface area contributed by atoms with E-state index in [1.54, 1.807) is 0 Å². The Morgan fingerprint density at radius 2 is 2.00 bits per heavy atom. The van der Waals surface area contributed by atoms with E-state index in [-0.39, 0.29) is 17.0 Å². The van der Waals surface area contributed by atoms with E-state index in [4.69, 9.17) is 5.11 Å². The molecule has 2 rings (SSSR count). The minimum atomic E-state index is -4.53. The summed E-state index contributed by atoms with van der Waals surface area (Å²) in [7, 11) is 1.40. The summed E-state index contributed by atoms with van der Waals surface area (Å²) in [6.07, 6.45) is -2.21. The van der Waals surface area contributed by atoms with E-state index in [9.17, 15) is 13.2 Å². The molecule has 0 spiro atoms. The standard InChI is InChI=1S/C10H8F3N3O/c1-16-5-7(9(15-16)10(11,12)13)8-3-2-6(17)4-14-8/h2-5,17H,1H3. The average Bonchev–Trinajstić information content (AvgIpc) is 2.61. The monoisotopic (exact) mass is 243 g/mol. The fraction of sp³-hybridized carbons (Fsp3) is 0.200. The number of aromatic nitrogens is 3. The van der Waals surface area contributed by atoms with Gasteiger partial charge in [-0.25, -0.2) is 0 Å². The van der Waals surface area contributed by atoms with Crippen LogP contribution in [0.2, 0.25) is 0 Å². The van der Waals surface area contributed by atoms with E-state index in [2.05, 4.69) is 10.1 Å². The minimum Gasteiger partial charge on any atom is -0.506 e. The molecule has 1 N–H and O–H groups in total. The van der Waals surface area contributed by atoms with Crippen LogP contribution in [0.25, 0.3) is 11.3 Å². The molecular formula is C10H8F3N3O. The lowest BCUT2D eigenvalue weighted by Crippen LogP contribution is -2.08. The maximum Gasteiger partial charge on any atom is 0.435 e. The molecule has 2 aromatic heterocycles. The van der Waals surface area contributed by atoms with Crippen LogP contribution in [0.5, 0.6) is 5.75 Å². The van der Waals surface area contributed by atoms with Gasteiger partial charge in [-0.15, -0.1) is 0 Å². The van der Waals surface area contributed by atoms with Crippen molar-refractivity contribution in [2.24, 2.45) is 7.05 Å². The van der Waals surface area contributed by atoms with Gasteiger partial charge in [0, 0.05) is 13.2 Å². The Morgan fingerprint density at radius 3 is 2.53 bits per heavy atom. The molecule has 0 saturated heterocycles. The summed E-state index contributed by atoms with van der Waals surface area (Å²) in [5, 5.41) is 12.4. The van der Waals surface area contributed by atoms with Crippen LogP contribution in [-0.4, -0.2) is 19.9 Å². The molecule has 0 radical (unpaired) electrons. The number of aromatic hydroxyl groups is 1. The van der Waals surface area contributed by atoms with Gasteiger partial charge in [0.25, 0.3) is 0 Å². The number of pyridine rings is 1. The quantitative estimate of drug-likeness (QED) is 0.835. The molecule has 0 aliphatic carbocycles. The molecule has 0 aliphatic rings. The number of alkyl halides is 3. The molecule has 0 unspecified atom stereocenters. The Hall–Kier alpha value is -2.05. The van der Waals surface area contributed by atoms with E-state index in [1.165, 1.54) is 25.4 Å². The first-order chi connectivity index (χ1) is 7.88. The predicted octanol–water partition coefficient (Wildman–Crippen LogP) is 2.21. The van der Waals surface area contributed by atoms with Gasteiger partial charge in [0.2, 0.25) is 0 Å². The van der Waals surface area contributed by atoms with Gasteiger partial charge in [0.1, 0.15) is 5.75 Å². The Labute approximate surface area is 94.3 Å². The summed E-state index contributed by atoms with van der Waals surface area (Å²) in [5.74, 6) is -0.105. The lowest BCUT2D eigenvalue weighted by atomic mass is 10.1. The van der Waals surface area contributed by atoms with Gasteiger partial charge in [-0.3, -0.25) is 9.67 Å². The maximum absolute atomic E-state index is 12.7. The van der Waals surface area contributed by atoms with Gasteiger partial charge >= 0.3 is 6.18 Å². The Balaban J connectivity index is 2.55. The van der Waals surface area contributed by atoms with Crippen molar-refractivity contribution in [2.45, 2.75) is 6.18 Å². The summed E-state index contributed by atoms with van der Waals surface area (Å²) in [6, 6.07) is 2.58. The second-order valence-corrected chi connectivity index (χ2v) is 3.46. The largest absolute Gasteiger partial charge is 0.506 e. The number of hydrogen-bond acceptors (Lipinski definition) is 3.